The van der Waals surface area contributed by atoms with Gasteiger partial charge in [0.2, 0.25) is 0 Å². The summed E-state index contributed by atoms with van der Waals surface area (Å²) in [6.07, 6.45) is 0. The van der Waals surface area contributed by atoms with Crippen LogP contribution in [0, 0.1) is 0 Å². The summed E-state index contributed by atoms with van der Waals surface area (Å²) in [5.41, 5.74) is 11.7. The van der Waals surface area contributed by atoms with Gasteiger partial charge in [-0.2, -0.15) is 0 Å². The quantitative estimate of drug-likeness (QED) is 0.202. The lowest BCUT2D eigenvalue weighted by Crippen LogP contribution is -2.00. The van der Waals surface area contributed by atoms with Gasteiger partial charge in [-0.05, 0) is 62.9 Å². The zero-order valence-electron chi connectivity index (χ0n) is 25.2. The van der Waals surface area contributed by atoms with E-state index in [1.54, 1.807) is 0 Å². The number of para-hydroxylation sites is 1. The molecule has 1 aliphatic rings. The summed E-state index contributed by atoms with van der Waals surface area (Å²) in [7, 11) is 0. The van der Waals surface area contributed by atoms with Gasteiger partial charge in [-0.3, -0.25) is 0 Å². The van der Waals surface area contributed by atoms with Crippen molar-refractivity contribution in [3.63, 3.8) is 0 Å². The van der Waals surface area contributed by atoms with E-state index in [1.165, 1.54) is 33.0 Å². The van der Waals surface area contributed by atoms with E-state index in [9.17, 15) is 0 Å². The van der Waals surface area contributed by atoms with E-state index in [4.69, 9.17) is 19.4 Å². The van der Waals surface area contributed by atoms with Crippen molar-refractivity contribution in [2.24, 2.45) is 0 Å². The maximum Gasteiger partial charge on any atom is 0.164 e. The highest BCUT2D eigenvalue weighted by Crippen LogP contribution is 2.49. The number of fused-ring (bicyclic) bond motifs is 6. The fourth-order valence-corrected chi connectivity index (χ4v) is 7.13. The lowest BCUT2D eigenvalue weighted by molar-refractivity contribution is 0.670. The minimum absolute atomic E-state index is 0.608. The van der Waals surface area contributed by atoms with Crippen LogP contribution >= 0.6 is 0 Å². The summed E-state index contributed by atoms with van der Waals surface area (Å²) < 4.78 is 6.70. The molecule has 0 spiro atoms. The Kier molecular flexibility index (Phi) is 5.54. The Morgan fingerprint density at radius 3 is 1.68 bits per heavy atom. The van der Waals surface area contributed by atoms with Gasteiger partial charge in [-0.1, -0.05) is 127 Å². The van der Waals surface area contributed by atoms with E-state index in [1.807, 2.05) is 72.8 Å². The van der Waals surface area contributed by atoms with E-state index in [0.29, 0.717) is 17.5 Å². The van der Waals surface area contributed by atoms with Gasteiger partial charge in [-0.15, -0.1) is 0 Å². The summed E-state index contributed by atoms with van der Waals surface area (Å²) in [4.78, 5) is 15.0. The summed E-state index contributed by atoms with van der Waals surface area (Å²) in [5.74, 6) is 1.87. The summed E-state index contributed by atoms with van der Waals surface area (Å²) in [5, 5.41) is 4.61. The highest BCUT2D eigenvalue weighted by atomic mass is 16.3. The summed E-state index contributed by atoms with van der Waals surface area (Å²) >= 11 is 0. The lowest BCUT2D eigenvalue weighted by Gasteiger charge is -2.11. The summed E-state index contributed by atoms with van der Waals surface area (Å²) in [6.45, 7) is 0. The molecule has 0 amide bonds. The molecule has 0 atom stereocenters. The number of hydrogen-bond acceptors (Lipinski definition) is 4. The normalized spacial score (nSPS) is 11.8. The Bertz CT molecular complexity index is 2610. The van der Waals surface area contributed by atoms with Crippen LogP contribution in [0.25, 0.3) is 100 Å². The van der Waals surface area contributed by atoms with Gasteiger partial charge in [0.15, 0.2) is 17.5 Å². The molecule has 2 aromatic heterocycles. The maximum absolute atomic E-state index is 6.70. The Morgan fingerprint density at radius 1 is 0.362 bits per heavy atom. The second-order valence-electron chi connectivity index (χ2n) is 12.0. The van der Waals surface area contributed by atoms with Crippen molar-refractivity contribution < 1.29 is 4.42 Å². The largest absolute Gasteiger partial charge is 0.455 e. The van der Waals surface area contributed by atoms with Crippen molar-refractivity contribution in [2.75, 3.05) is 0 Å². The van der Waals surface area contributed by atoms with E-state index < -0.39 is 0 Å². The number of benzene rings is 7. The van der Waals surface area contributed by atoms with Gasteiger partial charge in [0.05, 0.1) is 0 Å². The van der Waals surface area contributed by atoms with Gasteiger partial charge in [-0.25, -0.2) is 15.0 Å². The van der Waals surface area contributed by atoms with Crippen LogP contribution in [0.2, 0.25) is 0 Å². The molecule has 0 saturated heterocycles. The van der Waals surface area contributed by atoms with Gasteiger partial charge in [0.1, 0.15) is 11.2 Å². The first kappa shape index (κ1) is 25.9. The minimum Gasteiger partial charge on any atom is -0.455 e. The third-order valence-electron chi connectivity index (χ3n) is 9.28. The molecule has 47 heavy (non-hydrogen) atoms. The van der Waals surface area contributed by atoms with Gasteiger partial charge in [0, 0.05) is 33.0 Å². The topological polar surface area (TPSA) is 51.8 Å². The Hall–Kier alpha value is -6.39. The number of nitrogens with zero attached hydrogens (tertiary/aromatic N) is 3. The molecule has 0 aliphatic heterocycles. The predicted octanol–water partition coefficient (Wildman–Crippen LogP) is 11.2. The zero-order chi connectivity index (χ0) is 30.9. The van der Waals surface area contributed by atoms with Gasteiger partial charge in [0.25, 0.3) is 0 Å². The molecule has 0 radical (unpaired) electrons. The van der Waals surface area contributed by atoms with Crippen LogP contribution in [0.5, 0.6) is 0 Å². The smallest absolute Gasteiger partial charge is 0.164 e. The standard InChI is InChI=1S/C43H25N3O/c1-3-11-27(12-4-1)41-44-42(28-13-5-2-6-14-28)46-43(45-41)35-24-23-30(40-39(35)34-17-7-8-20-37(34)47-40)29-21-22-31-32-18-9-15-26-16-10-19-33(38(26)32)36(31)25-29/h1-25H. The lowest BCUT2D eigenvalue weighted by atomic mass is 9.94. The van der Waals surface area contributed by atoms with Crippen LogP contribution in [-0.4, -0.2) is 15.0 Å². The Balaban J connectivity index is 1.21. The molecule has 0 bridgehead atoms. The third-order valence-corrected chi connectivity index (χ3v) is 9.28. The molecule has 9 aromatic rings. The second-order valence-corrected chi connectivity index (χ2v) is 12.0. The molecule has 4 heteroatoms. The van der Waals surface area contributed by atoms with Crippen molar-refractivity contribution in [2.45, 2.75) is 0 Å². The molecule has 10 rings (SSSR count). The number of aromatic nitrogens is 3. The molecule has 4 nitrogen and oxygen atoms in total. The van der Waals surface area contributed by atoms with Gasteiger partial charge < -0.3 is 4.42 Å². The molecular weight excluding hydrogens is 574 g/mol. The Labute approximate surface area is 270 Å². The molecule has 0 unspecified atom stereocenters. The number of rotatable bonds is 4. The monoisotopic (exact) mass is 599 g/mol. The van der Waals surface area contributed by atoms with E-state index in [0.717, 1.165) is 49.8 Å². The van der Waals surface area contributed by atoms with Crippen LogP contribution in [0.4, 0.5) is 0 Å². The number of furan rings is 1. The summed E-state index contributed by atoms with van der Waals surface area (Å²) in [6, 6.07) is 52.6. The van der Waals surface area contributed by atoms with Crippen molar-refractivity contribution in [1.29, 1.82) is 0 Å². The first-order valence-electron chi connectivity index (χ1n) is 15.8. The fraction of sp³-hybridized carbons (Fsp3) is 0. The second kappa shape index (κ2) is 10.1. The average Bonchev–Trinajstić information content (AvgIpc) is 3.69. The highest BCUT2D eigenvalue weighted by Gasteiger charge is 2.24. The van der Waals surface area contributed by atoms with Crippen LogP contribution in [0.15, 0.2) is 156 Å². The van der Waals surface area contributed by atoms with Crippen LogP contribution in [0.3, 0.4) is 0 Å². The molecule has 1 aliphatic carbocycles. The molecular formula is C43H25N3O. The minimum atomic E-state index is 0.608. The molecule has 7 aromatic carbocycles. The predicted molar refractivity (Wildman–Crippen MR) is 191 cm³/mol. The highest BCUT2D eigenvalue weighted by molar-refractivity contribution is 6.18. The zero-order valence-corrected chi connectivity index (χ0v) is 25.2. The first-order valence-corrected chi connectivity index (χ1v) is 15.8. The van der Waals surface area contributed by atoms with Crippen molar-refractivity contribution >= 4 is 32.7 Å². The fourth-order valence-electron chi connectivity index (χ4n) is 7.13. The van der Waals surface area contributed by atoms with E-state index in [2.05, 4.69) is 78.9 Å². The van der Waals surface area contributed by atoms with Crippen molar-refractivity contribution in [1.82, 2.24) is 15.0 Å². The molecule has 0 N–H and O–H groups in total. The maximum atomic E-state index is 6.70. The molecule has 2 heterocycles. The first-order chi connectivity index (χ1) is 23.3. The Morgan fingerprint density at radius 2 is 0.957 bits per heavy atom. The third kappa shape index (κ3) is 3.98. The van der Waals surface area contributed by atoms with Crippen LogP contribution in [0.1, 0.15) is 0 Å². The average molecular weight is 600 g/mol. The van der Waals surface area contributed by atoms with Crippen LogP contribution < -0.4 is 0 Å². The number of hydrogen-bond donors (Lipinski definition) is 0. The van der Waals surface area contributed by atoms with Gasteiger partial charge >= 0.3 is 0 Å². The van der Waals surface area contributed by atoms with E-state index >= 15 is 0 Å². The SMILES string of the molecule is c1ccc(-c2nc(-c3ccccc3)nc(-c3ccc(-c4ccc5c(c4)-c4cccc6cccc-5c46)c4oc5ccccc5c34)n2)cc1. The molecule has 0 fully saturated rings. The van der Waals surface area contributed by atoms with E-state index in [-0.39, 0.29) is 0 Å². The molecule has 0 saturated carbocycles. The van der Waals surface area contributed by atoms with Crippen molar-refractivity contribution in [3.05, 3.63) is 152 Å². The van der Waals surface area contributed by atoms with Crippen LogP contribution in [-0.2, 0) is 0 Å². The van der Waals surface area contributed by atoms with Crippen molar-refractivity contribution in [3.8, 4) is 67.5 Å². The molecule has 218 valence electrons.